The van der Waals surface area contributed by atoms with Gasteiger partial charge in [0.15, 0.2) is 5.67 Å². The lowest BCUT2D eigenvalue weighted by Gasteiger charge is -2.23. The minimum absolute atomic E-state index is 0.504. The van der Waals surface area contributed by atoms with Crippen LogP contribution in [0.25, 0.3) is 0 Å². The first kappa shape index (κ1) is 20.3. The number of benzene rings is 3. The quantitative estimate of drug-likeness (QED) is 0.398. The van der Waals surface area contributed by atoms with Crippen LogP contribution < -0.4 is 0 Å². The number of alkyl halides is 1. The molecular formula is C27H31F. The van der Waals surface area contributed by atoms with Crippen LogP contribution in [0.3, 0.4) is 0 Å². The topological polar surface area (TPSA) is 0 Å². The predicted octanol–water partition coefficient (Wildman–Crippen LogP) is 7.66. The monoisotopic (exact) mass is 374 g/mol. The molecule has 3 aromatic rings. The van der Waals surface area contributed by atoms with Gasteiger partial charge in [0.1, 0.15) is 0 Å². The normalized spacial score (nSPS) is 14.5. The second-order valence-corrected chi connectivity index (χ2v) is 8.17. The SMILES string of the molecule is CCCC(Cc1ccc(C(C)(F)c2ccc(C)cc2)cc1)c1cccc(C)c1. The zero-order valence-electron chi connectivity index (χ0n) is 17.5. The fourth-order valence-electron chi connectivity index (χ4n) is 3.93. The Morgan fingerprint density at radius 2 is 1.43 bits per heavy atom. The van der Waals surface area contributed by atoms with Crippen molar-refractivity contribution in [3.63, 3.8) is 0 Å². The predicted molar refractivity (Wildman–Crippen MR) is 118 cm³/mol. The highest BCUT2D eigenvalue weighted by atomic mass is 19.1. The van der Waals surface area contributed by atoms with Crippen molar-refractivity contribution in [2.75, 3.05) is 0 Å². The molecule has 0 bridgehead atoms. The maximum absolute atomic E-state index is 15.5. The first-order valence-electron chi connectivity index (χ1n) is 10.3. The lowest BCUT2D eigenvalue weighted by Crippen LogP contribution is -2.17. The third kappa shape index (κ3) is 4.70. The van der Waals surface area contributed by atoms with E-state index in [1.165, 1.54) is 16.7 Å². The Kier molecular flexibility index (Phi) is 6.34. The molecule has 0 amide bonds. The molecule has 0 nitrogen and oxygen atoms in total. The summed E-state index contributed by atoms with van der Waals surface area (Å²) >= 11 is 0. The molecule has 0 saturated carbocycles. The molecule has 0 fully saturated rings. The Hall–Kier alpha value is -2.41. The first-order valence-corrected chi connectivity index (χ1v) is 10.3. The van der Waals surface area contributed by atoms with Crippen LogP contribution in [-0.2, 0) is 12.1 Å². The molecule has 0 aliphatic heterocycles. The van der Waals surface area contributed by atoms with Gasteiger partial charge in [0.25, 0.3) is 0 Å². The maximum Gasteiger partial charge on any atom is 0.158 e. The average Bonchev–Trinajstić information content (AvgIpc) is 2.68. The number of halogens is 1. The van der Waals surface area contributed by atoms with Crippen molar-refractivity contribution in [3.05, 3.63) is 106 Å². The fourth-order valence-corrected chi connectivity index (χ4v) is 3.93. The second kappa shape index (κ2) is 8.73. The van der Waals surface area contributed by atoms with Gasteiger partial charge in [-0.05, 0) is 61.8 Å². The van der Waals surface area contributed by atoms with E-state index in [1.54, 1.807) is 6.92 Å². The van der Waals surface area contributed by atoms with Crippen molar-refractivity contribution in [2.24, 2.45) is 0 Å². The summed E-state index contributed by atoms with van der Waals surface area (Å²) in [5.74, 6) is 0.504. The van der Waals surface area contributed by atoms with Crippen LogP contribution in [-0.4, -0.2) is 0 Å². The molecular weight excluding hydrogens is 343 g/mol. The van der Waals surface area contributed by atoms with Gasteiger partial charge in [-0.25, -0.2) is 4.39 Å². The summed E-state index contributed by atoms with van der Waals surface area (Å²) in [6.07, 6.45) is 3.31. The van der Waals surface area contributed by atoms with Gasteiger partial charge in [0.05, 0.1) is 0 Å². The zero-order chi connectivity index (χ0) is 20.1. The maximum atomic E-state index is 15.5. The molecule has 3 aromatic carbocycles. The van der Waals surface area contributed by atoms with Gasteiger partial charge in [-0.3, -0.25) is 0 Å². The Labute approximate surface area is 169 Å². The molecule has 0 saturated heterocycles. The van der Waals surface area contributed by atoms with Gasteiger partial charge in [0, 0.05) is 0 Å². The van der Waals surface area contributed by atoms with Crippen LogP contribution in [0, 0.1) is 13.8 Å². The van der Waals surface area contributed by atoms with E-state index in [-0.39, 0.29) is 0 Å². The van der Waals surface area contributed by atoms with E-state index in [1.807, 2.05) is 43.3 Å². The van der Waals surface area contributed by atoms with Crippen molar-refractivity contribution in [2.45, 2.75) is 58.5 Å². The molecule has 1 heteroatoms. The summed E-state index contributed by atoms with van der Waals surface area (Å²) in [5.41, 5.74) is 5.06. The largest absolute Gasteiger partial charge is 0.234 e. The molecule has 2 atom stereocenters. The highest BCUT2D eigenvalue weighted by Crippen LogP contribution is 2.34. The Morgan fingerprint density at radius 3 is 2.00 bits per heavy atom. The molecule has 0 aliphatic carbocycles. The van der Waals surface area contributed by atoms with Crippen molar-refractivity contribution >= 4 is 0 Å². The minimum atomic E-state index is -1.48. The Morgan fingerprint density at radius 1 is 0.821 bits per heavy atom. The molecule has 28 heavy (non-hydrogen) atoms. The molecule has 0 aromatic heterocycles. The second-order valence-electron chi connectivity index (χ2n) is 8.17. The van der Waals surface area contributed by atoms with Gasteiger partial charge in [-0.15, -0.1) is 0 Å². The van der Waals surface area contributed by atoms with E-state index >= 15 is 4.39 Å². The zero-order valence-corrected chi connectivity index (χ0v) is 17.5. The van der Waals surface area contributed by atoms with Crippen LogP contribution in [0.15, 0.2) is 72.8 Å². The van der Waals surface area contributed by atoms with Gasteiger partial charge < -0.3 is 0 Å². The lowest BCUT2D eigenvalue weighted by molar-refractivity contribution is 0.251. The number of aryl methyl sites for hydroxylation is 2. The van der Waals surface area contributed by atoms with E-state index in [0.717, 1.165) is 24.8 Å². The standard InChI is InChI=1S/C27H31F/c1-5-7-23(24-9-6-8-21(3)18-24)19-22-12-16-26(17-13-22)27(4,28)25-14-10-20(2)11-15-25/h6,8-18,23H,5,7,19H2,1-4H3. The average molecular weight is 375 g/mol. The van der Waals surface area contributed by atoms with Gasteiger partial charge in [0.2, 0.25) is 0 Å². The smallest absolute Gasteiger partial charge is 0.158 e. The highest BCUT2D eigenvalue weighted by molar-refractivity contribution is 5.38. The molecule has 0 N–H and O–H groups in total. The third-order valence-corrected chi connectivity index (χ3v) is 5.72. The summed E-state index contributed by atoms with van der Waals surface area (Å²) in [7, 11) is 0. The molecule has 2 unspecified atom stereocenters. The molecule has 0 spiro atoms. The number of rotatable bonds is 7. The fraction of sp³-hybridized carbons (Fsp3) is 0.333. The molecule has 0 radical (unpaired) electrons. The van der Waals surface area contributed by atoms with Crippen molar-refractivity contribution < 1.29 is 4.39 Å². The Balaban J connectivity index is 1.80. The van der Waals surface area contributed by atoms with Gasteiger partial charge >= 0.3 is 0 Å². The molecule has 146 valence electrons. The van der Waals surface area contributed by atoms with E-state index in [4.69, 9.17) is 0 Å². The van der Waals surface area contributed by atoms with Gasteiger partial charge in [-0.1, -0.05) is 97.3 Å². The molecule has 3 rings (SSSR count). The lowest BCUT2D eigenvalue weighted by atomic mass is 9.85. The number of hydrogen-bond acceptors (Lipinski definition) is 0. The van der Waals surface area contributed by atoms with E-state index in [0.29, 0.717) is 17.0 Å². The van der Waals surface area contributed by atoms with E-state index in [9.17, 15) is 0 Å². The van der Waals surface area contributed by atoms with E-state index < -0.39 is 5.67 Å². The summed E-state index contributed by atoms with van der Waals surface area (Å²) < 4.78 is 15.5. The highest BCUT2D eigenvalue weighted by Gasteiger charge is 2.28. The summed E-state index contributed by atoms with van der Waals surface area (Å²) in [4.78, 5) is 0. The van der Waals surface area contributed by atoms with Crippen LogP contribution in [0.2, 0.25) is 0 Å². The van der Waals surface area contributed by atoms with Crippen molar-refractivity contribution in [1.29, 1.82) is 0 Å². The minimum Gasteiger partial charge on any atom is -0.234 e. The summed E-state index contributed by atoms with van der Waals surface area (Å²) in [6, 6.07) is 24.6. The van der Waals surface area contributed by atoms with Crippen molar-refractivity contribution in [1.82, 2.24) is 0 Å². The summed E-state index contributed by atoms with van der Waals surface area (Å²) in [6.45, 7) is 8.06. The van der Waals surface area contributed by atoms with Gasteiger partial charge in [-0.2, -0.15) is 0 Å². The summed E-state index contributed by atoms with van der Waals surface area (Å²) in [5, 5.41) is 0. The van der Waals surface area contributed by atoms with Crippen LogP contribution >= 0.6 is 0 Å². The van der Waals surface area contributed by atoms with Crippen LogP contribution in [0.1, 0.15) is 66.0 Å². The number of hydrogen-bond donors (Lipinski definition) is 0. The van der Waals surface area contributed by atoms with E-state index in [2.05, 4.69) is 50.2 Å². The van der Waals surface area contributed by atoms with Crippen molar-refractivity contribution in [3.8, 4) is 0 Å². The Bertz CT molecular complexity index is 888. The first-order chi connectivity index (χ1) is 13.4. The molecule has 0 heterocycles. The van der Waals surface area contributed by atoms with Crippen LogP contribution in [0.4, 0.5) is 4.39 Å². The third-order valence-electron chi connectivity index (χ3n) is 5.72. The molecule has 0 aliphatic rings. The van der Waals surface area contributed by atoms with Crippen LogP contribution in [0.5, 0.6) is 0 Å².